The molecule has 0 spiro atoms. The van der Waals surface area contributed by atoms with E-state index in [-0.39, 0.29) is 5.91 Å². The summed E-state index contributed by atoms with van der Waals surface area (Å²) in [7, 11) is 0. The minimum Gasteiger partial charge on any atom is -0.366 e. The molecule has 0 aliphatic carbocycles. The summed E-state index contributed by atoms with van der Waals surface area (Å²) in [6.45, 7) is 7.38. The van der Waals surface area contributed by atoms with Crippen molar-refractivity contribution in [3.63, 3.8) is 0 Å². The predicted molar refractivity (Wildman–Crippen MR) is 70.8 cm³/mol. The number of carbonyl (C=O) groups excluding carboxylic acids is 1. The highest BCUT2D eigenvalue weighted by atomic mass is 16.1. The number of primary amides is 1. The van der Waals surface area contributed by atoms with Crippen LogP contribution >= 0.6 is 0 Å². The normalized spacial score (nSPS) is 10.8. The third-order valence-electron chi connectivity index (χ3n) is 2.89. The van der Waals surface area contributed by atoms with E-state index in [0.717, 1.165) is 25.2 Å². The number of hydrogen-bond donors (Lipinski definition) is 1. The van der Waals surface area contributed by atoms with E-state index in [4.69, 9.17) is 5.73 Å². The lowest BCUT2D eigenvalue weighted by Crippen LogP contribution is -2.24. The monoisotopic (exact) mass is 234 g/mol. The summed E-state index contributed by atoms with van der Waals surface area (Å²) in [5.74, 6) is -0.358. The highest BCUT2D eigenvalue weighted by Crippen LogP contribution is 2.09. The maximum atomic E-state index is 11.1. The van der Waals surface area contributed by atoms with E-state index in [0.29, 0.717) is 5.56 Å². The van der Waals surface area contributed by atoms with Crippen molar-refractivity contribution in [2.75, 3.05) is 13.1 Å². The number of carbonyl (C=O) groups is 1. The van der Waals surface area contributed by atoms with E-state index < -0.39 is 0 Å². The first kappa shape index (κ1) is 13.7. The molecule has 17 heavy (non-hydrogen) atoms. The lowest BCUT2D eigenvalue weighted by atomic mass is 10.1. The molecule has 94 valence electrons. The van der Waals surface area contributed by atoms with Crippen molar-refractivity contribution in [3.8, 4) is 0 Å². The summed E-state index contributed by atoms with van der Waals surface area (Å²) < 4.78 is 0. The van der Waals surface area contributed by atoms with E-state index in [1.165, 1.54) is 12.8 Å². The second kappa shape index (κ2) is 7.07. The summed E-state index contributed by atoms with van der Waals surface area (Å²) in [6.07, 6.45) is 2.42. The van der Waals surface area contributed by atoms with Crippen LogP contribution in [0.1, 0.15) is 42.6 Å². The molecule has 0 atom stereocenters. The number of hydrogen-bond acceptors (Lipinski definition) is 2. The van der Waals surface area contributed by atoms with Crippen LogP contribution in [-0.2, 0) is 6.54 Å². The van der Waals surface area contributed by atoms with Crippen LogP contribution < -0.4 is 5.73 Å². The van der Waals surface area contributed by atoms with Crippen LogP contribution in [0.3, 0.4) is 0 Å². The van der Waals surface area contributed by atoms with E-state index in [1.807, 2.05) is 18.2 Å². The van der Waals surface area contributed by atoms with Crippen molar-refractivity contribution >= 4 is 5.91 Å². The van der Waals surface area contributed by atoms with Gasteiger partial charge in [-0.05, 0) is 37.2 Å². The topological polar surface area (TPSA) is 46.3 Å². The first-order valence-electron chi connectivity index (χ1n) is 6.28. The predicted octanol–water partition coefficient (Wildman–Crippen LogP) is 2.41. The van der Waals surface area contributed by atoms with Crippen LogP contribution in [0.4, 0.5) is 0 Å². The summed E-state index contributed by atoms with van der Waals surface area (Å²) in [5.41, 5.74) is 7.02. The molecule has 0 bridgehead atoms. The fourth-order valence-corrected chi connectivity index (χ4v) is 1.81. The molecule has 0 saturated carbocycles. The van der Waals surface area contributed by atoms with Gasteiger partial charge in [-0.25, -0.2) is 0 Å². The Morgan fingerprint density at radius 2 is 2.12 bits per heavy atom. The molecule has 1 amide bonds. The van der Waals surface area contributed by atoms with Gasteiger partial charge in [-0.3, -0.25) is 9.69 Å². The van der Waals surface area contributed by atoms with Crippen LogP contribution in [0.25, 0.3) is 0 Å². The van der Waals surface area contributed by atoms with Gasteiger partial charge in [-0.15, -0.1) is 0 Å². The van der Waals surface area contributed by atoms with Gasteiger partial charge >= 0.3 is 0 Å². The Morgan fingerprint density at radius 1 is 1.35 bits per heavy atom. The van der Waals surface area contributed by atoms with Crippen LogP contribution in [0.5, 0.6) is 0 Å². The SMILES string of the molecule is CCCCN(CC)Cc1cccc(C(N)=O)c1. The molecule has 1 aromatic carbocycles. The molecule has 0 aromatic heterocycles. The summed E-state index contributed by atoms with van der Waals surface area (Å²) in [6, 6.07) is 7.58. The third kappa shape index (κ3) is 4.57. The van der Waals surface area contributed by atoms with Crippen LogP contribution in [0.15, 0.2) is 24.3 Å². The number of amides is 1. The summed E-state index contributed by atoms with van der Waals surface area (Å²) >= 11 is 0. The Balaban J connectivity index is 2.65. The van der Waals surface area contributed by atoms with Gasteiger partial charge in [0, 0.05) is 12.1 Å². The van der Waals surface area contributed by atoms with Crippen molar-refractivity contribution in [1.82, 2.24) is 4.90 Å². The van der Waals surface area contributed by atoms with Crippen molar-refractivity contribution in [3.05, 3.63) is 35.4 Å². The molecule has 0 aliphatic rings. The molecule has 0 fully saturated rings. The number of nitrogens with zero attached hydrogens (tertiary/aromatic N) is 1. The van der Waals surface area contributed by atoms with E-state index in [1.54, 1.807) is 6.07 Å². The van der Waals surface area contributed by atoms with Crippen molar-refractivity contribution in [2.24, 2.45) is 5.73 Å². The smallest absolute Gasteiger partial charge is 0.248 e. The zero-order valence-corrected chi connectivity index (χ0v) is 10.8. The molecule has 1 aromatic rings. The van der Waals surface area contributed by atoms with Gasteiger partial charge in [-0.1, -0.05) is 32.4 Å². The fourth-order valence-electron chi connectivity index (χ4n) is 1.81. The molecule has 3 nitrogen and oxygen atoms in total. The maximum absolute atomic E-state index is 11.1. The molecule has 2 N–H and O–H groups in total. The minimum atomic E-state index is -0.358. The van der Waals surface area contributed by atoms with Gasteiger partial charge < -0.3 is 5.73 Å². The van der Waals surface area contributed by atoms with Gasteiger partial charge in [0.25, 0.3) is 0 Å². The van der Waals surface area contributed by atoms with Crippen molar-refractivity contribution in [1.29, 1.82) is 0 Å². The molecule has 0 aliphatic heterocycles. The van der Waals surface area contributed by atoms with E-state index >= 15 is 0 Å². The highest BCUT2D eigenvalue weighted by molar-refractivity contribution is 5.92. The first-order valence-corrected chi connectivity index (χ1v) is 6.28. The largest absolute Gasteiger partial charge is 0.366 e. The van der Waals surface area contributed by atoms with Crippen LogP contribution in [0, 0.1) is 0 Å². The average molecular weight is 234 g/mol. The van der Waals surface area contributed by atoms with Crippen LogP contribution in [0.2, 0.25) is 0 Å². The number of rotatable bonds is 7. The lowest BCUT2D eigenvalue weighted by Gasteiger charge is -2.20. The molecule has 0 saturated heterocycles. The van der Waals surface area contributed by atoms with E-state index in [9.17, 15) is 4.79 Å². The Morgan fingerprint density at radius 3 is 2.71 bits per heavy atom. The molecular formula is C14H22N2O. The summed E-state index contributed by atoms with van der Waals surface area (Å²) in [4.78, 5) is 13.5. The summed E-state index contributed by atoms with van der Waals surface area (Å²) in [5, 5.41) is 0. The fraction of sp³-hybridized carbons (Fsp3) is 0.500. The Hall–Kier alpha value is -1.35. The van der Waals surface area contributed by atoms with Crippen molar-refractivity contribution < 1.29 is 4.79 Å². The Kier molecular flexibility index (Phi) is 5.70. The van der Waals surface area contributed by atoms with Crippen LogP contribution in [-0.4, -0.2) is 23.9 Å². The minimum absolute atomic E-state index is 0.358. The first-order chi connectivity index (χ1) is 8.17. The zero-order chi connectivity index (χ0) is 12.7. The average Bonchev–Trinajstić information content (AvgIpc) is 2.34. The van der Waals surface area contributed by atoms with Gasteiger partial charge in [0.15, 0.2) is 0 Å². The second-order valence-electron chi connectivity index (χ2n) is 4.29. The quantitative estimate of drug-likeness (QED) is 0.787. The van der Waals surface area contributed by atoms with Gasteiger partial charge in [0.05, 0.1) is 0 Å². The lowest BCUT2D eigenvalue weighted by molar-refractivity contribution is 0.1000. The zero-order valence-electron chi connectivity index (χ0n) is 10.8. The third-order valence-corrected chi connectivity index (χ3v) is 2.89. The van der Waals surface area contributed by atoms with Gasteiger partial charge in [-0.2, -0.15) is 0 Å². The molecule has 1 rings (SSSR count). The number of nitrogens with two attached hydrogens (primary N) is 1. The van der Waals surface area contributed by atoms with Gasteiger partial charge in [0.2, 0.25) is 5.91 Å². The Bertz CT molecular complexity index is 363. The van der Waals surface area contributed by atoms with E-state index in [2.05, 4.69) is 18.7 Å². The molecule has 0 radical (unpaired) electrons. The highest BCUT2D eigenvalue weighted by Gasteiger charge is 2.05. The molecule has 0 unspecified atom stereocenters. The Labute approximate surface area is 104 Å². The van der Waals surface area contributed by atoms with Gasteiger partial charge in [0.1, 0.15) is 0 Å². The second-order valence-corrected chi connectivity index (χ2v) is 4.29. The standard InChI is InChI=1S/C14H22N2O/c1-3-5-9-16(4-2)11-12-7-6-8-13(10-12)14(15)17/h6-8,10H,3-5,9,11H2,1-2H3,(H2,15,17). The van der Waals surface area contributed by atoms with Crippen molar-refractivity contribution in [2.45, 2.75) is 33.2 Å². The molecule has 0 heterocycles. The number of benzene rings is 1. The number of unbranched alkanes of at least 4 members (excludes halogenated alkanes) is 1. The molecule has 3 heteroatoms. The molecular weight excluding hydrogens is 212 g/mol. The maximum Gasteiger partial charge on any atom is 0.248 e.